The molecule has 0 saturated heterocycles. The molecule has 1 amide bonds. The summed E-state index contributed by atoms with van der Waals surface area (Å²) in [5.41, 5.74) is 3.02. The van der Waals surface area contributed by atoms with Gasteiger partial charge < -0.3 is 10.1 Å². The van der Waals surface area contributed by atoms with E-state index in [1.54, 1.807) is 18.4 Å². The number of fused-ring (bicyclic) bond motifs is 1. The highest BCUT2D eigenvalue weighted by Gasteiger charge is 2.11. The van der Waals surface area contributed by atoms with Gasteiger partial charge >= 0.3 is 0 Å². The number of aromatic nitrogens is 2. The minimum Gasteiger partial charge on any atom is -0.383 e. The summed E-state index contributed by atoms with van der Waals surface area (Å²) < 4.78 is 6.97. The molecule has 1 N–H and O–H groups in total. The van der Waals surface area contributed by atoms with Crippen molar-refractivity contribution in [2.75, 3.05) is 20.3 Å². The number of nitrogens with one attached hydrogen (secondary N) is 1. The fourth-order valence-corrected chi connectivity index (χ4v) is 3.42. The Hall–Kier alpha value is -1.89. The number of aryl methyl sites for hydroxylation is 1. The van der Waals surface area contributed by atoms with E-state index in [1.807, 2.05) is 30.5 Å². The Bertz CT molecular complexity index is 826. The lowest BCUT2D eigenvalue weighted by molar-refractivity contribution is -0.121. The lowest BCUT2D eigenvalue weighted by atomic mass is 10.2. The number of rotatable bonds is 7. The lowest BCUT2D eigenvalue weighted by Crippen LogP contribution is -2.27. The molecule has 0 spiro atoms. The fourth-order valence-electron chi connectivity index (χ4n) is 2.39. The Balaban J connectivity index is 1.69. The van der Waals surface area contributed by atoms with Gasteiger partial charge in [0.25, 0.3) is 0 Å². The summed E-state index contributed by atoms with van der Waals surface area (Å²) in [6, 6.07) is 7.63. The summed E-state index contributed by atoms with van der Waals surface area (Å²) in [4.78, 5) is 17.4. The molecule has 2 aromatic heterocycles. The van der Waals surface area contributed by atoms with Crippen molar-refractivity contribution >= 4 is 33.8 Å². The lowest BCUT2D eigenvalue weighted by Gasteiger charge is -2.04. The molecule has 0 aliphatic carbocycles. The highest BCUT2D eigenvalue weighted by molar-refractivity contribution is 7.15. The van der Waals surface area contributed by atoms with Gasteiger partial charge in [-0.25, -0.2) is 4.98 Å². The predicted molar refractivity (Wildman–Crippen MR) is 96.7 cm³/mol. The van der Waals surface area contributed by atoms with Crippen LogP contribution in [-0.4, -0.2) is 35.6 Å². The van der Waals surface area contributed by atoms with Crippen LogP contribution in [0, 0.1) is 0 Å². The van der Waals surface area contributed by atoms with Crippen molar-refractivity contribution < 1.29 is 9.53 Å². The predicted octanol–water partition coefficient (Wildman–Crippen LogP) is 3.41. The number of amides is 1. The van der Waals surface area contributed by atoms with Gasteiger partial charge in [-0.1, -0.05) is 23.7 Å². The molecular formula is C17H18ClN3O2S. The van der Waals surface area contributed by atoms with Crippen LogP contribution in [0.2, 0.25) is 5.02 Å². The van der Waals surface area contributed by atoms with Crippen LogP contribution in [-0.2, 0) is 16.0 Å². The number of carbonyl (C=O) groups is 1. The average Bonchev–Trinajstić information content (AvgIpc) is 3.15. The smallest absolute Gasteiger partial charge is 0.220 e. The third-order valence-electron chi connectivity index (χ3n) is 3.66. The van der Waals surface area contributed by atoms with Gasteiger partial charge in [0.1, 0.15) is 0 Å². The Morgan fingerprint density at radius 2 is 2.17 bits per heavy atom. The van der Waals surface area contributed by atoms with Crippen LogP contribution < -0.4 is 5.32 Å². The van der Waals surface area contributed by atoms with Crippen LogP contribution in [0.1, 0.15) is 12.1 Å². The third kappa shape index (κ3) is 3.95. The second kappa shape index (κ2) is 7.79. The van der Waals surface area contributed by atoms with Gasteiger partial charge in [-0.2, -0.15) is 0 Å². The summed E-state index contributed by atoms with van der Waals surface area (Å²) in [6.45, 7) is 1.07. The number of carbonyl (C=O) groups excluding carboxylic acids is 1. The van der Waals surface area contributed by atoms with E-state index in [4.69, 9.17) is 16.3 Å². The zero-order valence-corrected chi connectivity index (χ0v) is 14.9. The molecule has 0 aliphatic rings. The molecule has 2 heterocycles. The van der Waals surface area contributed by atoms with Crippen LogP contribution in [0.25, 0.3) is 16.2 Å². The second-order valence-electron chi connectivity index (χ2n) is 5.36. The van der Waals surface area contributed by atoms with Gasteiger partial charge in [-0.05, 0) is 18.6 Å². The molecule has 0 unspecified atom stereocenters. The summed E-state index contributed by atoms with van der Waals surface area (Å²) >= 11 is 7.51. The van der Waals surface area contributed by atoms with Gasteiger partial charge in [0.15, 0.2) is 4.96 Å². The van der Waals surface area contributed by atoms with Gasteiger partial charge in [-0.15, -0.1) is 11.3 Å². The van der Waals surface area contributed by atoms with E-state index in [-0.39, 0.29) is 5.91 Å². The highest BCUT2D eigenvalue weighted by atomic mass is 35.5. The van der Waals surface area contributed by atoms with Crippen LogP contribution in [0.3, 0.4) is 0 Å². The van der Waals surface area contributed by atoms with Crippen molar-refractivity contribution in [3.63, 3.8) is 0 Å². The Kier molecular flexibility index (Phi) is 5.50. The van der Waals surface area contributed by atoms with E-state index in [0.717, 1.165) is 21.9 Å². The first-order chi connectivity index (χ1) is 11.7. The molecular weight excluding hydrogens is 346 g/mol. The maximum atomic E-state index is 11.8. The van der Waals surface area contributed by atoms with Crippen molar-refractivity contribution in [2.24, 2.45) is 0 Å². The molecule has 0 aliphatic heterocycles. The molecule has 5 nitrogen and oxygen atoms in total. The number of imidazole rings is 1. The monoisotopic (exact) mass is 363 g/mol. The molecule has 0 fully saturated rings. The van der Waals surface area contributed by atoms with E-state index in [0.29, 0.717) is 31.0 Å². The molecule has 7 heteroatoms. The Morgan fingerprint density at radius 3 is 2.92 bits per heavy atom. The number of benzene rings is 1. The van der Waals surface area contributed by atoms with Gasteiger partial charge in [-0.3, -0.25) is 9.20 Å². The minimum absolute atomic E-state index is 0.0319. The van der Waals surface area contributed by atoms with Crippen LogP contribution in [0.4, 0.5) is 0 Å². The first-order valence-electron chi connectivity index (χ1n) is 7.64. The summed E-state index contributed by atoms with van der Waals surface area (Å²) in [5, 5.41) is 5.59. The largest absolute Gasteiger partial charge is 0.383 e. The van der Waals surface area contributed by atoms with E-state index in [1.165, 1.54) is 0 Å². The van der Waals surface area contributed by atoms with Crippen molar-refractivity contribution in [2.45, 2.75) is 12.8 Å². The van der Waals surface area contributed by atoms with Crippen molar-refractivity contribution in [3.8, 4) is 11.3 Å². The number of ether oxygens (including phenoxy) is 1. The molecule has 3 aromatic rings. The number of methoxy groups -OCH3 is 1. The van der Waals surface area contributed by atoms with Crippen molar-refractivity contribution in [3.05, 3.63) is 46.6 Å². The van der Waals surface area contributed by atoms with Crippen molar-refractivity contribution in [1.82, 2.24) is 14.7 Å². The van der Waals surface area contributed by atoms with Crippen LogP contribution in [0.15, 0.2) is 35.8 Å². The van der Waals surface area contributed by atoms with Crippen molar-refractivity contribution in [1.29, 1.82) is 0 Å². The zero-order valence-electron chi connectivity index (χ0n) is 13.3. The van der Waals surface area contributed by atoms with Crippen LogP contribution in [0.5, 0.6) is 0 Å². The van der Waals surface area contributed by atoms with E-state index < -0.39 is 0 Å². The molecule has 126 valence electrons. The normalized spacial score (nSPS) is 11.1. The first kappa shape index (κ1) is 17.0. The third-order valence-corrected chi connectivity index (χ3v) is 4.80. The Morgan fingerprint density at radius 1 is 1.38 bits per heavy atom. The van der Waals surface area contributed by atoms with E-state index >= 15 is 0 Å². The zero-order chi connectivity index (χ0) is 16.9. The maximum absolute atomic E-state index is 11.8. The fraction of sp³-hybridized carbons (Fsp3) is 0.294. The standard InChI is InChI=1S/C17H18ClN3O2S/c1-23-9-8-19-16(22)7-6-14-11-24-17-20-15(10-21(14)17)12-2-4-13(18)5-3-12/h2-5,10-11H,6-9H2,1H3,(H,19,22). The maximum Gasteiger partial charge on any atom is 0.220 e. The topological polar surface area (TPSA) is 55.6 Å². The molecule has 0 atom stereocenters. The Labute approximate surface area is 149 Å². The van der Waals surface area contributed by atoms with Gasteiger partial charge in [0, 0.05) is 47.9 Å². The first-order valence-corrected chi connectivity index (χ1v) is 8.90. The number of thiazole rings is 1. The number of hydrogen-bond acceptors (Lipinski definition) is 4. The van der Waals surface area contributed by atoms with E-state index in [2.05, 4.69) is 20.1 Å². The number of nitrogens with zero attached hydrogens (tertiary/aromatic N) is 2. The SMILES string of the molecule is COCCNC(=O)CCc1csc2nc(-c3ccc(Cl)cc3)cn12. The number of halogens is 1. The molecule has 0 radical (unpaired) electrons. The molecule has 3 rings (SSSR count). The summed E-state index contributed by atoms with van der Waals surface area (Å²) in [7, 11) is 1.62. The molecule has 1 aromatic carbocycles. The quantitative estimate of drug-likeness (QED) is 0.654. The second-order valence-corrected chi connectivity index (χ2v) is 6.63. The molecule has 0 bridgehead atoms. The average molecular weight is 364 g/mol. The highest BCUT2D eigenvalue weighted by Crippen LogP contribution is 2.25. The minimum atomic E-state index is 0.0319. The number of hydrogen-bond donors (Lipinski definition) is 1. The summed E-state index contributed by atoms with van der Waals surface area (Å²) in [6.07, 6.45) is 3.13. The summed E-state index contributed by atoms with van der Waals surface area (Å²) in [5.74, 6) is 0.0319. The van der Waals surface area contributed by atoms with Gasteiger partial charge in [0.2, 0.25) is 5.91 Å². The van der Waals surface area contributed by atoms with Gasteiger partial charge in [0.05, 0.1) is 12.3 Å². The molecule has 24 heavy (non-hydrogen) atoms. The van der Waals surface area contributed by atoms with E-state index in [9.17, 15) is 4.79 Å². The molecule has 0 saturated carbocycles. The van der Waals surface area contributed by atoms with Crippen LogP contribution >= 0.6 is 22.9 Å².